The van der Waals surface area contributed by atoms with Crippen molar-refractivity contribution in [2.24, 2.45) is 0 Å². The predicted octanol–water partition coefficient (Wildman–Crippen LogP) is 1.97. The van der Waals surface area contributed by atoms with Gasteiger partial charge < -0.3 is 20.1 Å². The van der Waals surface area contributed by atoms with Crippen molar-refractivity contribution in [3.8, 4) is 0 Å². The quantitative estimate of drug-likeness (QED) is 0.698. The molecule has 0 radical (unpaired) electrons. The van der Waals surface area contributed by atoms with Crippen LogP contribution in [0.3, 0.4) is 0 Å². The van der Waals surface area contributed by atoms with Crippen molar-refractivity contribution < 1.29 is 19.6 Å². The number of aliphatic hydroxyl groups is 1. The second kappa shape index (κ2) is 4.82. The Hall–Kier alpha value is -2.02. The van der Waals surface area contributed by atoms with Crippen molar-refractivity contribution in [2.45, 2.75) is 16.0 Å². The maximum absolute atomic E-state index is 12.6. The summed E-state index contributed by atoms with van der Waals surface area (Å²) < 4.78 is 12.6. The first-order chi connectivity index (χ1) is 9.58. The van der Waals surface area contributed by atoms with Crippen molar-refractivity contribution in [1.29, 1.82) is 0 Å². The molecular formula is C14H11NO4S. The van der Waals surface area contributed by atoms with E-state index in [1.807, 2.05) is 0 Å². The van der Waals surface area contributed by atoms with Crippen LogP contribution in [0.15, 0.2) is 52.3 Å². The van der Waals surface area contributed by atoms with E-state index in [0.717, 1.165) is 0 Å². The van der Waals surface area contributed by atoms with Crippen molar-refractivity contribution >= 4 is 22.8 Å². The van der Waals surface area contributed by atoms with Crippen LogP contribution in [-0.4, -0.2) is 20.7 Å². The van der Waals surface area contributed by atoms with E-state index in [0.29, 0.717) is 21.0 Å². The third-order valence-corrected chi connectivity index (χ3v) is 4.66. The van der Waals surface area contributed by atoms with E-state index in [1.54, 1.807) is 24.3 Å². The lowest BCUT2D eigenvalue weighted by Gasteiger charge is -2.11. The lowest BCUT2D eigenvalue weighted by molar-refractivity contribution is 0.0696. The molecule has 0 aromatic heterocycles. The average Bonchev–Trinajstić information content (AvgIpc) is 2.55. The van der Waals surface area contributed by atoms with Gasteiger partial charge in [0, 0.05) is 11.2 Å². The maximum atomic E-state index is 12.6. The number of rotatable bonds is 1. The average molecular weight is 289 g/mol. The number of fused-ring (bicyclic) bond motifs is 2. The Bertz CT molecular complexity index is 689. The molecule has 0 amide bonds. The summed E-state index contributed by atoms with van der Waals surface area (Å²) in [7, 11) is 0. The Morgan fingerprint density at radius 2 is 1.95 bits per heavy atom. The van der Waals surface area contributed by atoms with Gasteiger partial charge in [0.25, 0.3) is 0 Å². The number of carboxylic acids is 1. The lowest BCUT2D eigenvalue weighted by atomic mass is 10.1. The number of aliphatic hydroxyl groups excluding tert-OH is 1. The van der Waals surface area contributed by atoms with E-state index < -0.39 is 23.4 Å². The smallest absolute Gasteiger partial charge is 0.335 e. The van der Waals surface area contributed by atoms with Gasteiger partial charge in [-0.15, -0.1) is 0 Å². The van der Waals surface area contributed by atoms with Crippen LogP contribution >= 0.6 is 0 Å². The summed E-state index contributed by atoms with van der Waals surface area (Å²) in [6.07, 6.45) is -1.03. The number of anilines is 1. The summed E-state index contributed by atoms with van der Waals surface area (Å²) in [4.78, 5) is 12.0. The number of hydrogen-bond acceptors (Lipinski definition) is 4. The molecular weight excluding hydrogens is 278 g/mol. The monoisotopic (exact) mass is 289 g/mol. The van der Waals surface area contributed by atoms with Crippen LogP contribution in [0.2, 0.25) is 0 Å². The van der Waals surface area contributed by atoms with Crippen LogP contribution in [-0.2, 0) is 11.2 Å². The first kappa shape index (κ1) is 13.0. The highest BCUT2D eigenvalue weighted by Crippen LogP contribution is 2.37. The van der Waals surface area contributed by atoms with Crippen LogP contribution in [0.5, 0.6) is 0 Å². The molecule has 3 rings (SSSR count). The summed E-state index contributed by atoms with van der Waals surface area (Å²) in [5, 5.41) is 21.9. The van der Waals surface area contributed by atoms with Crippen LogP contribution in [0.25, 0.3) is 0 Å². The molecule has 102 valence electrons. The van der Waals surface area contributed by atoms with Gasteiger partial charge in [0.2, 0.25) is 0 Å². The summed E-state index contributed by atoms with van der Waals surface area (Å²) in [6, 6.07) is 11.2. The molecule has 0 spiro atoms. The molecule has 1 heterocycles. The third kappa shape index (κ3) is 2.03. The molecule has 2 aromatic carbocycles. The highest BCUT2D eigenvalue weighted by molar-refractivity contribution is 7.91. The van der Waals surface area contributed by atoms with Crippen LogP contribution in [0.4, 0.5) is 5.69 Å². The Kier molecular flexibility index (Phi) is 3.13. The van der Waals surface area contributed by atoms with Gasteiger partial charge in [-0.05, 0) is 30.3 Å². The maximum Gasteiger partial charge on any atom is 0.335 e. The van der Waals surface area contributed by atoms with Crippen LogP contribution < -0.4 is 5.32 Å². The Morgan fingerprint density at radius 1 is 1.20 bits per heavy atom. The standard InChI is InChI=1S/C14H11NO4S/c16-13-9-3-1-2-4-11(9)20(19)12-6-5-8(14(17)18)7-10(12)15-13/h1-7,13,15-16H,(H,17,18). The normalized spacial score (nSPS) is 20.3. The number of nitrogens with one attached hydrogen (secondary N) is 1. The molecule has 0 saturated heterocycles. The lowest BCUT2D eigenvalue weighted by Crippen LogP contribution is -2.10. The highest BCUT2D eigenvalue weighted by Gasteiger charge is 2.30. The summed E-state index contributed by atoms with van der Waals surface area (Å²) >= 11 is -1.47. The molecule has 20 heavy (non-hydrogen) atoms. The summed E-state index contributed by atoms with van der Waals surface area (Å²) in [5.74, 6) is -1.07. The van der Waals surface area contributed by atoms with Gasteiger partial charge in [-0.1, -0.05) is 12.1 Å². The molecule has 5 nitrogen and oxygen atoms in total. The summed E-state index contributed by atoms with van der Waals surface area (Å²) in [6.45, 7) is 0. The molecule has 2 atom stereocenters. The van der Waals surface area contributed by atoms with E-state index in [4.69, 9.17) is 5.11 Å². The zero-order chi connectivity index (χ0) is 14.3. The third-order valence-electron chi connectivity index (χ3n) is 3.13. The largest absolute Gasteiger partial charge is 0.606 e. The molecule has 1 aliphatic heterocycles. The molecule has 0 bridgehead atoms. The van der Waals surface area contributed by atoms with Gasteiger partial charge in [-0.3, -0.25) is 0 Å². The second-order valence-electron chi connectivity index (χ2n) is 4.37. The van der Waals surface area contributed by atoms with E-state index in [1.165, 1.54) is 18.2 Å². The Labute approximate surface area is 118 Å². The van der Waals surface area contributed by atoms with Gasteiger partial charge in [0.1, 0.15) is 0 Å². The van der Waals surface area contributed by atoms with Crippen molar-refractivity contribution in [1.82, 2.24) is 0 Å². The minimum Gasteiger partial charge on any atom is -0.606 e. The zero-order valence-corrected chi connectivity index (χ0v) is 11.1. The van der Waals surface area contributed by atoms with E-state index in [2.05, 4.69) is 5.32 Å². The molecule has 0 aliphatic carbocycles. The fraction of sp³-hybridized carbons (Fsp3) is 0.0714. The molecule has 6 heteroatoms. The van der Waals surface area contributed by atoms with E-state index in [9.17, 15) is 14.5 Å². The van der Waals surface area contributed by atoms with E-state index >= 15 is 0 Å². The van der Waals surface area contributed by atoms with Gasteiger partial charge in [-0.2, -0.15) is 0 Å². The molecule has 2 aromatic rings. The van der Waals surface area contributed by atoms with Gasteiger partial charge in [-0.25, -0.2) is 4.79 Å². The molecule has 0 fully saturated rings. The number of aromatic carboxylic acids is 1. The van der Waals surface area contributed by atoms with Crippen LogP contribution in [0, 0.1) is 0 Å². The SMILES string of the molecule is O=C(O)c1ccc2c(c1)NC(O)c1ccccc1[S+]2[O-]. The molecule has 1 aliphatic rings. The van der Waals surface area contributed by atoms with Crippen LogP contribution in [0.1, 0.15) is 22.1 Å². The minimum atomic E-state index is -1.47. The fourth-order valence-corrected chi connectivity index (χ4v) is 3.50. The van der Waals surface area contributed by atoms with Crippen molar-refractivity contribution in [3.05, 3.63) is 53.6 Å². The van der Waals surface area contributed by atoms with Gasteiger partial charge >= 0.3 is 5.97 Å². The minimum absolute atomic E-state index is 0.0754. The van der Waals surface area contributed by atoms with Gasteiger partial charge in [0.05, 0.1) is 16.8 Å². The Morgan fingerprint density at radius 3 is 2.70 bits per heavy atom. The number of hydrogen-bond donors (Lipinski definition) is 3. The first-order valence-corrected chi connectivity index (χ1v) is 7.05. The molecule has 0 saturated carbocycles. The Balaban J connectivity index is 2.17. The second-order valence-corrected chi connectivity index (χ2v) is 5.79. The molecule has 3 N–H and O–H groups in total. The van der Waals surface area contributed by atoms with Crippen molar-refractivity contribution in [2.75, 3.05) is 5.32 Å². The first-order valence-electron chi connectivity index (χ1n) is 5.90. The fourth-order valence-electron chi connectivity index (χ4n) is 2.16. The van der Waals surface area contributed by atoms with E-state index in [-0.39, 0.29) is 5.56 Å². The predicted molar refractivity (Wildman–Crippen MR) is 73.1 cm³/mol. The number of benzene rings is 2. The topological polar surface area (TPSA) is 92.6 Å². The summed E-state index contributed by atoms with van der Waals surface area (Å²) in [5.41, 5.74) is 0.970. The number of carboxylic acid groups (broad SMARTS) is 1. The number of carbonyl (C=O) groups is 1. The van der Waals surface area contributed by atoms with Crippen molar-refractivity contribution in [3.63, 3.8) is 0 Å². The van der Waals surface area contributed by atoms with Gasteiger partial charge in [0.15, 0.2) is 16.0 Å². The highest BCUT2D eigenvalue weighted by atomic mass is 32.2. The molecule has 2 unspecified atom stereocenters. The zero-order valence-electron chi connectivity index (χ0n) is 10.2.